The Bertz CT molecular complexity index is 1130. The number of carbonyl (C=O) groups excluding carboxylic acids is 3. The molecule has 2 amide bonds. The van der Waals surface area contributed by atoms with Crippen molar-refractivity contribution in [1.29, 1.82) is 0 Å². The van der Waals surface area contributed by atoms with Crippen molar-refractivity contribution in [2.24, 2.45) is 0 Å². The van der Waals surface area contributed by atoms with E-state index in [1.54, 1.807) is 4.72 Å². The number of alkyl halides is 3. The van der Waals surface area contributed by atoms with Crippen LogP contribution in [0.3, 0.4) is 0 Å². The quantitative estimate of drug-likeness (QED) is 0.0905. The number of aliphatic carboxylic acids is 1. The average molecular weight is 624 g/mol. The van der Waals surface area contributed by atoms with E-state index in [0.717, 1.165) is 28.4 Å². The van der Waals surface area contributed by atoms with Crippen LogP contribution in [0.2, 0.25) is 0 Å². The van der Waals surface area contributed by atoms with E-state index in [1.807, 2.05) is 0 Å². The third-order valence-electron chi connectivity index (χ3n) is 4.52. The van der Waals surface area contributed by atoms with E-state index in [1.165, 1.54) is 0 Å². The standard InChI is InChI=1S/C14H16F3N7O7S4.2Na/c15-14(16,17)33-4-7(25)19-8-10(26)24-9(12(27)28)5(3-32-11(8)24)6(1-2-18-35(29,30)31)34-13-20-22-23-21-13;;/h6,8,11,18H,1-4H2,(H,19,25)(H,27,28)(H,29,30,31)(H,20,21,22,23);;/q;2*+1/p-2/t6?,8?,11-;;/m0../s1. The van der Waals surface area contributed by atoms with Gasteiger partial charge in [-0.15, -0.1) is 22.0 Å². The minimum Gasteiger partial charge on any atom is -0.735 e. The molecule has 2 aliphatic rings. The number of aromatic nitrogens is 4. The van der Waals surface area contributed by atoms with Crippen LogP contribution in [0.25, 0.3) is 0 Å². The van der Waals surface area contributed by atoms with Crippen molar-refractivity contribution < 1.29 is 105 Å². The predicted molar refractivity (Wildman–Crippen MR) is 112 cm³/mol. The summed E-state index contributed by atoms with van der Waals surface area (Å²) in [4.78, 5) is 37.3. The van der Waals surface area contributed by atoms with Crippen LogP contribution >= 0.6 is 35.3 Å². The second-order valence-electron chi connectivity index (χ2n) is 6.79. The minimum atomic E-state index is -4.78. The first-order valence-electron chi connectivity index (χ1n) is 9.26. The summed E-state index contributed by atoms with van der Waals surface area (Å²) >= 11 is 1.34. The molecule has 3 N–H and O–H groups in total. The van der Waals surface area contributed by atoms with Crippen LogP contribution in [-0.4, -0.2) is 96.5 Å². The maximum Gasteiger partial charge on any atom is 1.00 e. The maximum absolute atomic E-state index is 12.6. The van der Waals surface area contributed by atoms with Crippen LogP contribution in [0.5, 0.6) is 0 Å². The third-order valence-corrected chi connectivity index (χ3v) is 8.30. The van der Waals surface area contributed by atoms with Gasteiger partial charge in [0.2, 0.25) is 11.1 Å². The van der Waals surface area contributed by atoms with Gasteiger partial charge in [0.25, 0.3) is 5.91 Å². The molecule has 0 saturated carbocycles. The summed E-state index contributed by atoms with van der Waals surface area (Å²) in [5.74, 6) is -4.66. The Morgan fingerprint density at radius 2 is 2.00 bits per heavy atom. The van der Waals surface area contributed by atoms with Gasteiger partial charge in [0, 0.05) is 17.5 Å². The number of nitrogens with zero attached hydrogens (tertiary/aromatic N) is 4. The van der Waals surface area contributed by atoms with Crippen molar-refractivity contribution in [2.75, 3.05) is 18.1 Å². The van der Waals surface area contributed by atoms with Gasteiger partial charge in [0.1, 0.15) is 11.4 Å². The number of nitrogens with one attached hydrogen (secondary N) is 3. The zero-order valence-corrected chi connectivity index (χ0v) is 26.2. The molecule has 2 aliphatic heterocycles. The Morgan fingerprint density at radius 3 is 2.54 bits per heavy atom. The Labute approximate surface area is 264 Å². The first-order valence-corrected chi connectivity index (χ1v) is 13.6. The molecule has 1 aromatic heterocycles. The molecule has 0 spiro atoms. The molecular formula is C14H14F3N7Na2O7S4. The predicted octanol–water partition coefficient (Wildman–Crippen LogP) is -8.23. The average Bonchev–Trinajstić information content (AvgIpc) is 3.26. The molecule has 1 fully saturated rings. The normalized spacial score (nSPS) is 20.2. The van der Waals surface area contributed by atoms with Crippen molar-refractivity contribution >= 4 is 63.4 Å². The van der Waals surface area contributed by atoms with Crippen LogP contribution in [0.15, 0.2) is 16.4 Å². The van der Waals surface area contributed by atoms with Crippen molar-refractivity contribution in [3.63, 3.8) is 0 Å². The minimum absolute atomic E-state index is 0. The molecule has 23 heteroatoms. The van der Waals surface area contributed by atoms with Crippen LogP contribution in [0, 0.1) is 0 Å². The summed E-state index contributed by atoms with van der Waals surface area (Å²) in [6.45, 7) is -0.372. The summed E-state index contributed by atoms with van der Waals surface area (Å²) in [7, 11) is -4.78. The molecule has 2 unspecified atom stereocenters. The second-order valence-corrected chi connectivity index (χ2v) is 11.3. The number of amides is 2. The zero-order valence-electron chi connectivity index (χ0n) is 19.0. The topological polar surface area (TPSA) is 213 Å². The summed E-state index contributed by atoms with van der Waals surface area (Å²) < 4.78 is 71.2. The molecule has 1 aromatic rings. The number of tetrazole rings is 1. The van der Waals surface area contributed by atoms with Crippen molar-refractivity contribution in [2.45, 2.75) is 33.8 Å². The Morgan fingerprint density at radius 1 is 1.32 bits per heavy atom. The van der Waals surface area contributed by atoms with Crippen molar-refractivity contribution in [1.82, 2.24) is 35.6 Å². The summed E-state index contributed by atoms with van der Waals surface area (Å²) in [5.41, 5.74) is -5.03. The number of fused-ring (bicyclic) bond motifs is 1. The van der Waals surface area contributed by atoms with Gasteiger partial charge < -0.3 is 19.8 Å². The van der Waals surface area contributed by atoms with Gasteiger partial charge in [-0.2, -0.15) is 18.4 Å². The molecule has 14 nitrogen and oxygen atoms in total. The number of carbonyl (C=O) groups is 3. The van der Waals surface area contributed by atoms with E-state index in [-0.39, 0.29) is 88.6 Å². The third kappa shape index (κ3) is 9.81. The fraction of sp³-hybridized carbons (Fsp3) is 0.571. The van der Waals surface area contributed by atoms with Gasteiger partial charge in [0.05, 0.1) is 17.4 Å². The van der Waals surface area contributed by atoms with Gasteiger partial charge in [0.15, 0.2) is 10.3 Å². The molecule has 194 valence electrons. The number of hydrogen-bond acceptors (Lipinski definition) is 13. The second kappa shape index (κ2) is 14.5. The smallest absolute Gasteiger partial charge is 0.735 e. The van der Waals surface area contributed by atoms with E-state index in [9.17, 15) is 45.6 Å². The molecule has 0 aliphatic carbocycles. The number of carboxylic acids is 1. The maximum atomic E-state index is 12.6. The molecule has 3 atom stereocenters. The van der Waals surface area contributed by atoms with E-state index in [2.05, 4.69) is 25.9 Å². The van der Waals surface area contributed by atoms with Crippen LogP contribution in [0.1, 0.15) is 6.42 Å². The number of carboxylic acid groups (broad SMARTS) is 1. The molecule has 37 heavy (non-hydrogen) atoms. The number of hydrogen-bond donors (Lipinski definition) is 3. The number of rotatable bonds is 11. The largest absolute Gasteiger partial charge is 1.00 e. The molecule has 1 saturated heterocycles. The van der Waals surface area contributed by atoms with Gasteiger partial charge in [-0.3, -0.25) is 14.5 Å². The number of H-pyrrole nitrogens is 1. The van der Waals surface area contributed by atoms with Gasteiger partial charge in [-0.25, -0.2) is 13.1 Å². The van der Waals surface area contributed by atoms with Gasteiger partial charge >= 0.3 is 64.6 Å². The monoisotopic (exact) mass is 623 g/mol. The number of aromatic amines is 1. The Hall–Kier alpha value is -0.0700. The Balaban J connectivity index is 0.00000342. The van der Waals surface area contributed by atoms with E-state index < -0.39 is 73.5 Å². The van der Waals surface area contributed by atoms with E-state index in [0.29, 0.717) is 0 Å². The fourth-order valence-electron chi connectivity index (χ4n) is 3.19. The van der Waals surface area contributed by atoms with Crippen LogP contribution in [-0.2, 0) is 24.7 Å². The van der Waals surface area contributed by atoms with Crippen molar-refractivity contribution in [3.8, 4) is 0 Å². The number of thioether (sulfide) groups is 3. The van der Waals surface area contributed by atoms with Crippen LogP contribution < -0.4 is 74.3 Å². The molecular weight excluding hydrogens is 609 g/mol. The first kappa shape index (κ1) is 35.0. The molecule has 0 aromatic carbocycles. The van der Waals surface area contributed by atoms with Gasteiger partial charge in [-0.05, 0) is 29.0 Å². The Kier molecular flexibility index (Phi) is 13.7. The summed E-state index contributed by atoms with van der Waals surface area (Å²) in [6, 6.07) is -1.24. The molecule has 0 radical (unpaired) electrons. The SMILES string of the molecule is O=C(CSC(F)(F)F)NC1C(=O)N2C(C(=O)[O-])=C(C(CCNS(=O)(=O)[O-])Sc3nn[nH]n3)CS[C@@H]12.[Na+].[Na+]. The van der Waals surface area contributed by atoms with E-state index >= 15 is 0 Å². The first-order chi connectivity index (χ1) is 16.3. The molecule has 0 bridgehead atoms. The molecule has 3 heterocycles. The fourth-order valence-corrected chi connectivity index (χ4v) is 6.47. The summed E-state index contributed by atoms with van der Waals surface area (Å²) in [6.07, 6.45) is -0.102. The zero-order chi connectivity index (χ0) is 26.0. The summed E-state index contributed by atoms with van der Waals surface area (Å²) in [5, 5.41) is 25.5. The van der Waals surface area contributed by atoms with Crippen molar-refractivity contribution in [3.05, 3.63) is 11.3 Å². The molecule has 3 rings (SSSR count). The van der Waals surface area contributed by atoms with E-state index in [4.69, 9.17) is 0 Å². The number of β-lactam (4-membered cyclic amide) rings is 1. The van der Waals surface area contributed by atoms with Crippen LogP contribution in [0.4, 0.5) is 13.2 Å². The number of halogens is 3. The van der Waals surface area contributed by atoms with Gasteiger partial charge in [-0.1, -0.05) is 11.8 Å².